The van der Waals surface area contributed by atoms with Crippen LogP contribution >= 0.6 is 0 Å². The Balaban J connectivity index is 3.58. The second-order valence-electron chi connectivity index (χ2n) is 2.77. The summed E-state index contributed by atoms with van der Waals surface area (Å²) in [5.41, 5.74) is 0. The molecule has 3 nitrogen and oxygen atoms in total. The van der Waals surface area contributed by atoms with E-state index in [1.807, 2.05) is 6.92 Å². The van der Waals surface area contributed by atoms with Crippen LogP contribution in [0.15, 0.2) is 0 Å². The number of sulfonamides is 1. The van der Waals surface area contributed by atoms with Crippen molar-refractivity contribution in [1.29, 1.82) is 0 Å². The molecule has 0 rings (SSSR count). The standard InChI is InChI=1S/C8H18NO2S/c1-3-5-7-9-12(10,11)8-6-4-2/h9H,2-8H2,1H3. The van der Waals surface area contributed by atoms with Crippen molar-refractivity contribution in [3.05, 3.63) is 6.92 Å². The van der Waals surface area contributed by atoms with E-state index in [1.54, 1.807) is 0 Å². The maximum atomic E-state index is 11.1. The third-order valence-electron chi connectivity index (χ3n) is 1.52. The summed E-state index contributed by atoms with van der Waals surface area (Å²) < 4.78 is 24.8. The Morgan fingerprint density at radius 3 is 2.50 bits per heavy atom. The molecule has 12 heavy (non-hydrogen) atoms. The summed E-state index contributed by atoms with van der Waals surface area (Å²) in [5.74, 6) is 0.209. The molecule has 0 saturated heterocycles. The van der Waals surface area contributed by atoms with Gasteiger partial charge < -0.3 is 0 Å². The van der Waals surface area contributed by atoms with Crippen molar-refractivity contribution in [3.8, 4) is 0 Å². The fraction of sp³-hybridized carbons (Fsp3) is 0.875. The highest BCUT2D eigenvalue weighted by atomic mass is 32.2. The molecule has 4 heteroatoms. The first-order valence-electron chi connectivity index (χ1n) is 4.39. The van der Waals surface area contributed by atoms with Crippen molar-refractivity contribution >= 4 is 10.0 Å². The van der Waals surface area contributed by atoms with Gasteiger partial charge in [0.15, 0.2) is 0 Å². The van der Waals surface area contributed by atoms with Crippen LogP contribution in [-0.4, -0.2) is 20.7 Å². The molecule has 0 unspecified atom stereocenters. The minimum atomic E-state index is -3.01. The quantitative estimate of drug-likeness (QED) is 0.618. The van der Waals surface area contributed by atoms with E-state index in [9.17, 15) is 8.42 Å². The zero-order valence-corrected chi connectivity index (χ0v) is 8.49. The van der Waals surface area contributed by atoms with Gasteiger partial charge >= 0.3 is 0 Å². The minimum absolute atomic E-state index is 0.209. The second kappa shape index (κ2) is 6.43. The van der Waals surface area contributed by atoms with Crippen LogP contribution in [0.2, 0.25) is 0 Å². The van der Waals surface area contributed by atoms with Crippen molar-refractivity contribution in [1.82, 2.24) is 4.72 Å². The summed E-state index contributed by atoms with van der Waals surface area (Å²) >= 11 is 0. The fourth-order valence-electron chi connectivity index (χ4n) is 0.769. The molecular formula is C8H18NO2S. The molecule has 0 aromatic carbocycles. The highest BCUT2D eigenvalue weighted by Gasteiger charge is 2.06. The van der Waals surface area contributed by atoms with E-state index in [-0.39, 0.29) is 5.75 Å². The average molecular weight is 192 g/mol. The van der Waals surface area contributed by atoms with E-state index in [4.69, 9.17) is 0 Å². The normalized spacial score (nSPS) is 11.8. The van der Waals surface area contributed by atoms with Crippen molar-refractivity contribution in [2.24, 2.45) is 0 Å². The van der Waals surface area contributed by atoms with Crippen molar-refractivity contribution in [2.75, 3.05) is 12.3 Å². The molecule has 0 fully saturated rings. The molecule has 0 heterocycles. The van der Waals surface area contributed by atoms with Gasteiger partial charge in [-0.3, -0.25) is 0 Å². The molecule has 0 aliphatic rings. The molecule has 0 aromatic heterocycles. The Morgan fingerprint density at radius 1 is 1.33 bits per heavy atom. The average Bonchev–Trinajstić information content (AvgIpc) is 2.01. The van der Waals surface area contributed by atoms with Gasteiger partial charge in [-0.2, -0.15) is 0 Å². The number of rotatable bonds is 7. The second-order valence-corrected chi connectivity index (χ2v) is 4.70. The van der Waals surface area contributed by atoms with Gasteiger partial charge in [-0.05, 0) is 12.8 Å². The molecule has 0 spiro atoms. The summed E-state index contributed by atoms with van der Waals surface area (Å²) in [4.78, 5) is 0. The van der Waals surface area contributed by atoms with Crippen LogP contribution in [0.5, 0.6) is 0 Å². The van der Waals surface area contributed by atoms with E-state index in [2.05, 4.69) is 11.6 Å². The molecule has 0 aromatic rings. The van der Waals surface area contributed by atoms with Crippen LogP contribution in [0, 0.1) is 6.92 Å². The monoisotopic (exact) mass is 192 g/mol. The van der Waals surface area contributed by atoms with Crippen molar-refractivity contribution < 1.29 is 8.42 Å². The Morgan fingerprint density at radius 2 is 2.00 bits per heavy atom. The fourth-order valence-corrected chi connectivity index (χ4v) is 1.95. The highest BCUT2D eigenvalue weighted by Crippen LogP contribution is 1.93. The number of unbranched alkanes of at least 4 members (excludes halogenated alkanes) is 2. The van der Waals surface area contributed by atoms with Gasteiger partial charge in [-0.1, -0.05) is 26.7 Å². The van der Waals surface area contributed by atoms with Crippen LogP contribution in [-0.2, 0) is 10.0 Å². The smallest absolute Gasteiger partial charge is 0.211 e. The van der Waals surface area contributed by atoms with Crippen molar-refractivity contribution in [3.63, 3.8) is 0 Å². The highest BCUT2D eigenvalue weighted by molar-refractivity contribution is 7.89. The van der Waals surface area contributed by atoms with Crippen molar-refractivity contribution in [2.45, 2.75) is 32.6 Å². The maximum absolute atomic E-state index is 11.1. The predicted molar refractivity (Wildman–Crippen MR) is 51.3 cm³/mol. The summed E-state index contributed by atoms with van der Waals surface area (Å²) in [6.45, 7) is 6.19. The third kappa shape index (κ3) is 6.61. The molecule has 0 atom stereocenters. The van der Waals surface area contributed by atoms with Gasteiger partial charge in [0.2, 0.25) is 10.0 Å². The predicted octanol–water partition coefficient (Wildman–Crippen LogP) is 1.32. The van der Waals surface area contributed by atoms with Gasteiger partial charge in [-0.15, -0.1) is 0 Å². The van der Waals surface area contributed by atoms with Crippen LogP contribution in [0.25, 0.3) is 0 Å². The largest absolute Gasteiger partial charge is 0.215 e. The summed E-state index contributed by atoms with van der Waals surface area (Å²) in [6.07, 6.45) is 3.23. The maximum Gasteiger partial charge on any atom is 0.211 e. The first kappa shape index (κ1) is 11.9. The number of hydrogen-bond acceptors (Lipinski definition) is 2. The lowest BCUT2D eigenvalue weighted by Gasteiger charge is -2.04. The van der Waals surface area contributed by atoms with Crippen LogP contribution < -0.4 is 4.72 Å². The molecule has 0 saturated carbocycles. The molecule has 1 N–H and O–H groups in total. The van der Waals surface area contributed by atoms with Gasteiger partial charge in [-0.25, -0.2) is 13.1 Å². The molecule has 0 bridgehead atoms. The summed E-state index contributed by atoms with van der Waals surface area (Å²) in [7, 11) is -3.01. The Kier molecular flexibility index (Phi) is 6.38. The third-order valence-corrected chi connectivity index (χ3v) is 2.99. The lowest BCUT2D eigenvalue weighted by atomic mass is 10.3. The van der Waals surface area contributed by atoms with E-state index in [0.717, 1.165) is 12.8 Å². The Hall–Kier alpha value is -0.0900. The van der Waals surface area contributed by atoms with Gasteiger partial charge in [0.25, 0.3) is 0 Å². The summed E-state index contributed by atoms with van der Waals surface area (Å²) in [6, 6.07) is 0. The molecular weight excluding hydrogens is 174 g/mol. The first-order valence-corrected chi connectivity index (χ1v) is 6.04. The topological polar surface area (TPSA) is 46.2 Å². The van der Waals surface area contributed by atoms with E-state index in [0.29, 0.717) is 19.4 Å². The van der Waals surface area contributed by atoms with Crippen LogP contribution in [0.4, 0.5) is 0 Å². The SMILES string of the molecule is [CH2]CCCS(=O)(=O)NCCCC. The first-order chi connectivity index (χ1) is 5.62. The zero-order valence-electron chi connectivity index (χ0n) is 7.67. The van der Waals surface area contributed by atoms with Gasteiger partial charge in [0.05, 0.1) is 5.75 Å². The zero-order chi connectivity index (χ0) is 9.45. The number of nitrogens with one attached hydrogen (secondary N) is 1. The van der Waals surface area contributed by atoms with Crippen LogP contribution in [0.1, 0.15) is 32.6 Å². The molecule has 0 aliphatic heterocycles. The minimum Gasteiger partial charge on any atom is -0.215 e. The number of hydrogen-bond donors (Lipinski definition) is 1. The van der Waals surface area contributed by atoms with Crippen LogP contribution in [0.3, 0.4) is 0 Å². The van der Waals surface area contributed by atoms with E-state index in [1.165, 1.54) is 0 Å². The molecule has 0 amide bonds. The molecule has 73 valence electrons. The van der Waals surface area contributed by atoms with E-state index >= 15 is 0 Å². The van der Waals surface area contributed by atoms with Gasteiger partial charge in [0, 0.05) is 6.54 Å². The van der Waals surface area contributed by atoms with Gasteiger partial charge in [0.1, 0.15) is 0 Å². The lowest BCUT2D eigenvalue weighted by Crippen LogP contribution is -2.27. The molecule has 1 radical (unpaired) electrons. The lowest BCUT2D eigenvalue weighted by molar-refractivity contribution is 0.576. The molecule has 0 aliphatic carbocycles. The Bertz CT molecular complexity index is 187. The van der Waals surface area contributed by atoms with E-state index < -0.39 is 10.0 Å². The Labute approximate surface area is 75.6 Å². The summed E-state index contributed by atoms with van der Waals surface area (Å²) in [5, 5.41) is 0.